The van der Waals surface area contributed by atoms with Crippen molar-refractivity contribution in [3.05, 3.63) is 59.6 Å². The second kappa shape index (κ2) is 7.47. The van der Waals surface area contributed by atoms with Crippen molar-refractivity contribution in [2.75, 3.05) is 18.5 Å². The van der Waals surface area contributed by atoms with Crippen molar-refractivity contribution in [1.82, 2.24) is 20.2 Å². The van der Waals surface area contributed by atoms with Crippen LogP contribution >= 0.6 is 11.3 Å². The number of fused-ring (bicyclic) bond motifs is 2. The van der Waals surface area contributed by atoms with Crippen LogP contribution in [-0.4, -0.2) is 45.9 Å². The standard InChI is InChI=1S/C21H17N5O4S/c27-17(24-19-23-15(12-31-19)14-6-3-4-9-22-14)11-26-18(28)21(25-20(26)29)8-10-30-16-7-2-1-5-13(16)21/h1-7,9,12H,8,10-11H2,(H,25,29)(H,23,24,27)/t21-/m0/s1. The molecule has 31 heavy (non-hydrogen) atoms. The van der Waals surface area contributed by atoms with Crippen LogP contribution in [0.4, 0.5) is 9.93 Å². The summed E-state index contributed by atoms with van der Waals surface area (Å²) in [4.78, 5) is 47.9. The Bertz CT molecular complexity index is 1180. The Morgan fingerprint density at radius 3 is 2.87 bits per heavy atom. The van der Waals surface area contributed by atoms with Gasteiger partial charge in [0.1, 0.15) is 18.0 Å². The minimum absolute atomic E-state index is 0.290. The van der Waals surface area contributed by atoms with E-state index in [4.69, 9.17) is 4.74 Å². The molecule has 0 saturated carbocycles. The molecule has 1 saturated heterocycles. The lowest BCUT2D eigenvalue weighted by atomic mass is 9.84. The highest BCUT2D eigenvalue weighted by Gasteiger charge is 2.55. The number of nitrogens with one attached hydrogen (secondary N) is 2. The third-order valence-corrected chi connectivity index (χ3v) is 5.99. The first-order valence-electron chi connectivity index (χ1n) is 9.60. The normalized spacial score (nSPS) is 19.7. The number of anilines is 1. The molecule has 0 unspecified atom stereocenters. The summed E-state index contributed by atoms with van der Waals surface area (Å²) in [6.45, 7) is -0.119. The number of ether oxygens (including phenoxy) is 1. The molecule has 1 spiro atoms. The molecule has 2 aliphatic rings. The van der Waals surface area contributed by atoms with Crippen molar-refractivity contribution in [3.63, 3.8) is 0 Å². The Morgan fingerprint density at radius 1 is 1.19 bits per heavy atom. The second-order valence-corrected chi connectivity index (χ2v) is 7.98. The van der Waals surface area contributed by atoms with Gasteiger partial charge in [0.2, 0.25) is 5.91 Å². The summed E-state index contributed by atoms with van der Waals surface area (Å²) in [5.41, 5.74) is 0.712. The molecule has 5 rings (SSSR count). The second-order valence-electron chi connectivity index (χ2n) is 7.12. The van der Waals surface area contributed by atoms with E-state index in [0.29, 0.717) is 40.9 Å². The zero-order chi connectivity index (χ0) is 21.4. The molecule has 0 aliphatic carbocycles. The maximum atomic E-state index is 13.2. The number of aromatic nitrogens is 2. The maximum absolute atomic E-state index is 13.2. The third-order valence-electron chi connectivity index (χ3n) is 5.24. The van der Waals surface area contributed by atoms with Gasteiger partial charge in [-0.05, 0) is 18.2 Å². The fraction of sp³-hybridized carbons (Fsp3) is 0.190. The summed E-state index contributed by atoms with van der Waals surface area (Å²) in [5.74, 6) is -0.418. The lowest BCUT2D eigenvalue weighted by molar-refractivity contribution is -0.135. The molecular weight excluding hydrogens is 418 g/mol. The van der Waals surface area contributed by atoms with Gasteiger partial charge in [0.15, 0.2) is 10.7 Å². The van der Waals surface area contributed by atoms with Crippen LogP contribution in [0.2, 0.25) is 0 Å². The number of hydrogen-bond acceptors (Lipinski definition) is 7. The number of carbonyl (C=O) groups is 3. The van der Waals surface area contributed by atoms with E-state index in [9.17, 15) is 14.4 Å². The van der Waals surface area contributed by atoms with Gasteiger partial charge in [0.25, 0.3) is 5.91 Å². The van der Waals surface area contributed by atoms with E-state index in [2.05, 4.69) is 20.6 Å². The number of hydrogen-bond donors (Lipinski definition) is 2. The van der Waals surface area contributed by atoms with Gasteiger partial charge in [-0.25, -0.2) is 9.78 Å². The van der Waals surface area contributed by atoms with Crippen molar-refractivity contribution >= 4 is 34.3 Å². The van der Waals surface area contributed by atoms with Crippen molar-refractivity contribution in [3.8, 4) is 17.1 Å². The monoisotopic (exact) mass is 435 g/mol. The molecule has 1 aromatic carbocycles. The van der Waals surface area contributed by atoms with E-state index in [-0.39, 0.29) is 0 Å². The SMILES string of the molecule is O=C(CN1C(=O)N[C@]2(CCOc3ccccc32)C1=O)Nc1nc(-c2ccccn2)cs1. The molecule has 4 amide bonds. The molecule has 156 valence electrons. The average Bonchev–Trinajstić information content (AvgIpc) is 3.34. The highest BCUT2D eigenvalue weighted by atomic mass is 32.1. The van der Waals surface area contributed by atoms with Gasteiger partial charge in [0, 0.05) is 23.6 Å². The van der Waals surface area contributed by atoms with E-state index in [1.54, 1.807) is 41.9 Å². The highest BCUT2D eigenvalue weighted by Crippen LogP contribution is 2.40. The molecule has 1 atom stereocenters. The average molecular weight is 435 g/mol. The Morgan fingerprint density at radius 2 is 2.03 bits per heavy atom. The molecule has 9 nitrogen and oxygen atoms in total. The van der Waals surface area contributed by atoms with Crippen LogP contribution in [0.25, 0.3) is 11.4 Å². The van der Waals surface area contributed by atoms with E-state index in [0.717, 1.165) is 4.90 Å². The van der Waals surface area contributed by atoms with Gasteiger partial charge in [-0.1, -0.05) is 24.3 Å². The first-order chi connectivity index (χ1) is 15.1. The lowest BCUT2D eigenvalue weighted by Crippen LogP contribution is -2.48. The topological polar surface area (TPSA) is 114 Å². The minimum atomic E-state index is -1.21. The molecule has 0 radical (unpaired) electrons. The third kappa shape index (κ3) is 3.30. The molecule has 2 aromatic heterocycles. The predicted octanol–water partition coefficient (Wildman–Crippen LogP) is 2.37. The minimum Gasteiger partial charge on any atom is -0.493 e. The zero-order valence-corrected chi connectivity index (χ0v) is 17.0. The lowest BCUT2D eigenvalue weighted by Gasteiger charge is -2.33. The number of nitrogens with zero attached hydrogens (tertiary/aromatic N) is 3. The van der Waals surface area contributed by atoms with E-state index in [1.807, 2.05) is 12.1 Å². The fourth-order valence-corrected chi connectivity index (χ4v) is 4.50. The summed E-state index contributed by atoms with van der Waals surface area (Å²) in [6.07, 6.45) is 1.96. The van der Waals surface area contributed by atoms with E-state index in [1.165, 1.54) is 11.3 Å². The van der Waals surface area contributed by atoms with Crippen LogP contribution < -0.4 is 15.4 Å². The molecule has 2 N–H and O–H groups in total. The molecular formula is C21H17N5O4S. The molecule has 3 aromatic rings. The summed E-state index contributed by atoms with van der Waals surface area (Å²) in [5, 5.41) is 7.57. The Balaban J connectivity index is 1.31. The number of rotatable bonds is 4. The molecule has 2 aliphatic heterocycles. The molecule has 0 bridgehead atoms. The smallest absolute Gasteiger partial charge is 0.325 e. The largest absolute Gasteiger partial charge is 0.493 e. The number of carbonyl (C=O) groups excluding carboxylic acids is 3. The van der Waals surface area contributed by atoms with Gasteiger partial charge in [0.05, 0.1) is 12.3 Å². The van der Waals surface area contributed by atoms with Crippen LogP contribution in [0, 0.1) is 0 Å². The summed E-state index contributed by atoms with van der Waals surface area (Å²) in [7, 11) is 0. The van der Waals surface area contributed by atoms with Crippen LogP contribution in [-0.2, 0) is 15.1 Å². The summed E-state index contributed by atoms with van der Waals surface area (Å²) < 4.78 is 5.61. The van der Waals surface area contributed by atoms with Gasteiger partial charge in [-0.2, -0.15) is 0 Å². The predicted molar refractivity (Wildman–Crippen MR) is 112 cm³/mol. The van der Waals surface area contributed by atoms with Crippen molar-refractivity contribution in [2.45, 2.75) is 12.0 Å². The van der Waals surface area contributed by atoms with Crippen LogP contribution in [0.5, 0.6) is 5.75 Å². The molecule has 4 heterocycles. The maximum Gasteiger partial charge on any atom is 0.325 e. The number of thiazole rings is 1. The molecule has 10 heteroatoms. The summed E-state index contributed by atoms with van der Waals surface area (Å²) in [6, 6.07) is 12.0. The Kier molecular flexibility index (Phi) is 4.63. The van der Waals surface area contributed by atoms with E-state index >= 15 is 0 Å². The van der Waals surface area contributed by atoms with E-state index < -0.39 is 29.9 Å². The highest BCUT2D eigenvalue weighted by molar-refractivity contribution is 7.14. The van der Waals surface area contributed by atoms with Crippen molar-refractivity contribution in [2.24, 2.45) is 0 Å². The number of amides is 4. The van der Waals surface area contributed by atoms with Crippen LogP contribution in [0.3, 0.4) is 0 Å². The van der Waals surface area contributed by atoms with Crippen molar-refractivity contribution in [1.29, 1.82) is 0 Å². The van der Waals surface area contributed by atoms with Gasteiger partial charge < -0.3 is 15.4 Å². The Hall–Kier alpha value is -3.79. The fourth-order valence-electron chi connectivity index (χ4n) is 3.78. The van der Waals surface area contributed by atoms with Crippen LogP contribution in [0.15, 0.2) is 54.0 Å². The molecule has 1 fully saturated rings. The van der Waals surface area contributed by atoms with Gasteiger partial charge in [-0.15, -0.1) is 11.3 Å². The number of para-hydroxylation sites is 1. The zero-order valence-electron chi connectivity index (χ0n) is 16.2. The van der Waals surface area contributed by atoms with Gasteiger partial charge >= 0.3 is 6.03 Å². The number of imide groups is 1. The number of urea groups is 1. The number of benzene rings is 1. The Labute approximate surface area is 181 Å². The van der Waals surface area contributed by atoms with Crippen LogP contribution in [0.1, 0.15) is 12.0 Å². The van der Waals surface area contributed by atoms with Crippen molar-refractivity contribution < 1.29 is 19.1 Å². The quantitative estimate of drug-likeness (QED) is 0.609. The number of pyridine rings is 1. The summed E-state index contributed by atoms with van der Waals surface area (Å²) >= 11 is 1.24. The van der Waals surface area contributed by atoms with Gasteiger partial charge in [-0.3, -0.25) is 19.5 Å². The first kappa shape index (κ1) is 19.2. The first-order valence-corrected chi connectivity index (χ1v) is 10.5.